The molecular weight excluding hydrogens is 333 g/mol. The lowest BCUT2D eigenvalue weighted by atomic mass is 9.98. The number of hydrogen-bond acceptors (Lipinski definition) is 6. The predicted octanol–water partition coefficient (Wildman–Crippen LogP) is 2.36. The van der Waals surface area contributed by atoms with Crippen molar-refractivity contribution >= 4 is 39.4 Å². The summed E-state index contributed by atoms with van der Waals surface area (Å²) < 4.78 is 14.1. The van der Waals surface area contributed by atoms with E-state index in [1.54, 1.807) is 7.05 Å². The minimum absolute atomic E-state index is 0.192. The maximum absolute atomic E-state index is 14.1. The van der Waals surface area contributed by atoms with Gasteiger partial charge in [-0.05, 0) is 24.1 Å². The summed E-state index contributed by atoms with van der Waals surface area (Å²) in [5.74, 6) is 0.603. The standard InChI is InChI=1S/C18H22FN7/c1-3-9(6-20)10-7-26(8-10)17-14-12-4-11(19)5-13(22-2)15(12)23-16(14)24-18(21)25-17/h4-5,22H,3,6-8,20H2,1-2H3,(H3,21,23,24,25). The van der Waals surface area contributed by atoms with Gasteiger partial charge in [0.05, 0.1) is 16.6 Å². The molecule has 6 N–H and O–H groups in total. The molecule has 136 valence electrons. The highest BCUT2D eigenvalue weighted by Gasteiger charge is 2.27. The Balaban J connectivity index is 1.89. The van der Waals surface area contributed by atoms with Crippen LogP contribution in [0, 0.1) is 5.82 Å². The minimum atomic E-state index is -0.314. The summed E-state index contributed by atoms with van der Waals surface area (Å²) in [5.41, 5.74) is 16.4. The maximum atomic E-state index is 14.1. The van der Waals surface area contributed by atoms with Crippen molar-refractivity contribution in [1.29, 1.82) is 0 Å². The molecule has 3 heterocycles. The Bertz CT molecular complexity index is 1020. The van der Waals surface area contributed by atoms with Gasteiger partial charge in [-0.25, -0.2) is 4.39 Å². The number of H-pyrrole nitrogens is 1. The van der Waals surface area contributed by atoms with Gasteiger partial charge in [-0.15, -0.1) is 0 Å². The van der Waals surface area contributed by atoms with Crippen LogP contribution in [0.3, 0.4) is 0 Å². The molecule has 0 spiro atoms. The Morgan fingerprint density at radius 3 is 2.77 bits per heavy atom. The van der Waals surface area contributed by atoms with Crippen LogP contribution in [0.5, 0.6) is 0 Å². The highest BCUT2D eigenvalue weighted by Crippen LogP contribution is 2.38. The zero-order chi connectivity index (χ0) is 18.4. The number of nitrogens with one attached hydrogen (secondary N) is 2. The van der Waals surface area contributed by atoms with Gasteiger partial charge in [0.2, 0.25) is 5.95 Å². The number of hydrogen-bond donors (Lipinski definition) is 4. The number of nitrogen functional groups attached to an aromatic ring is 1. The second kappa shape index (κ2) is 6.14. The molecule has 0 saturated carbocycles. The van der Waals surface area contributed by atoms with Gasteiger partial charge in [0.1, 0.15) is 17.3 Å². The monoisotopic (exact) mass is 355 g/mol. The Hall–Kier alpha value is -2.87. The number of nitrogens with zero attached hydrogens (tertiary/aromatic N) is 3. The van der Waals surface area contributed by atoms with Crippen LogP contribution in [-0.2, 0) is 0 Å². The highest BCUT2D eigenvalue weighted by molar-refractivity contribution is 6.15. The van der Waals surface area contributed by atoms with Gasteiger partial charge in [0, 0.05) is 32.1 Å². The van der Waals surface area contributed by atoms with E-state index in [9.17, 15) is 4.39 Å². The van der Waals surface area contributed by atoms with Gasteiger partial charge in [-0.3, -0.25) is 0 Å². The van der Waals surface area contributed by atoms with E-state index in [0.29, 0.717) is 17.9 Å². The number of halogens is 1. The van der Waals surface area contributed by atoms with Gasteiger partial charge in [-0.2, -0.15) is 9.97 Å². The predicted molar refractivity (Wildman–Crippen MR) is 104 cm³/mol. The van der Waals surface area contributed by atoms with E-state index in [1.807, 2.05) is 0 Å². The van der Waals surface area contributed by atoms with Gasteiger partial charge >= 0.3 is 0 Å². The molecule has 8 heteroatoms. The molecule has 2 aromatic heterocycles. The van der Waals surface area contributed by atoms with Crippen molar-refractivity contribution in [2.24, 2.45) is 5.73 Å². The molecule has 7 nitrogen and oxygen atoms in total. The number of aromatic amines is 1. The number of benzene rings is 1. The first-order chi connectivity index (χ1) is 12.5. The maximum Gasteiger partial charge on any atom is 0.223 e. The summed E-state index contributed by atoms with van der Waals surface area (Å²) in [7, 11) is 1.76. The number of aromatic nitrogens is 3. The van der Waals surface area contributed by atoms with Crippen molar-refractivity contribution in [3.8, 4) is 0 Å². The second-order valence-electron chi connectivity index (χ2n) is 6.50. The average Bonchev–Trinajstić information content (AvgIpc) is 2.94. The van der Waals surface area contributed by atoms with Crippen LogP contribution in [0.2, 0.25) is 0 Å². The normalized spacial score (nSPS) is 14.2. The summed E-state index contributed by atoms with van der Waals surface area (Å²) >= 11 is 0. The summed E-state index contributed by atoms with van der Waals surface area (Å²) in [6.07, 6.45) is 0.949. The van der Waals surface area contributed by atoms with E-state index in [2.05, 4.69) is 32.1 Å². The van der Waals surface area contributed by atoms with Crippen LogP contribution in [0.25, 0.3) is 21.9 Å². The molecular formula is C18H22FN7. The van der Waals surface area contributed by atoms with E-state index in [0.717, 1.165) is 41.6 Å². The lowest BCUT2D eigenvalue weighted by Gasteiger charge is -2.37. The smallest absolute Gasteiger partial charge is 0.223 e. The van der Waals surface area contributed by atoms with Crippen molar-refractivity contribution in [2.45, 2.75) is 13.3 Å². The van der Waals surface area contributed by atoms with E-state index >= 15 is 0 Å². The molecule has 4 rings (SSSR count). The third kappa shape index (κ3) is 2.45. The lowest BCUT2D eigenvalue weighted by Crippen LogP contribution is -2.42. The number of nitrogens with two attached hydrogens (primary N) is 2. The molecule has 0 unspecified atom stereocenters. The highest BCUT2D eigenvalue weighted by atomic mass is 19.1. The molecule has 3 aromatic rings. The molecule has 0 atom stereocenters. The van der Waals surface area contributed by atoms with Crippen LogP contribution < -0.4 is 21.7 Å². The summed E-state index contributed by atoms with van der Waals surface area (Å²) in [5, 5.41) is 4.54. The fourth-order valence-corrected chi connectivity index (χ4v) is 3.61. The number of fused-ring (bicyclic) bond motifs is 3. The third-order valence-electron chi connectivity index (χ3n) is 5.03. The number of anilines is 3. The molecule has 0 radical (unpaired) electrons. The molecule has 0 aliphatic carbocycles. The van der Waals surface area contributed by atoms with Crippen molar-refractivity contribution < 1.29 is 4.39 Å². The minimum Gasteiger partial charge on any atom is -0.386 e. The molecule has 26 heavy (non-hydrogen) atoms. The topological polar surface area (TPSA) is 109 Å². The molecule has 1 saturated heterocycles. The van der Waals surface area contributed by atoms with Gasteiger partial charge in [-0.1, -0.05) is 12.5 Å². The first-order valence-electron chi connectivity index (χ1n) is 8.66. The Labute approximate surface area is 150 Å². The van der Waals surface area contributed by atoms with Crippen LogP contribution in [0.1, 0.15) is 13.3 Å². The molecule has 1 aliphatic rings. The van der Waals surface area contributed by atoms with E-state index < -0.39 is 0 Å². The van der Waals surface area contributed by atoms with Crippen molar-refractivity contribution in [1.82, 2.24) is 15.0 Å². The Morgan fingerprint density at radius 2 is 2.12 bits per heavy atom. The molecule has 0 bridgehead atoms. The zero-order valence-electron chi connectivity index (χ0n) is 14.9. The summed E-state index contributed by atoms with van der Waals surface area (Å²) in [6, 6.07) is 2.96. The van der Waals surface area contributed by atoms with E-state index in [-0.39, 0.29) is 11.8 Å². The second-order valence-corrected chi connectivity index (χ2v) is 6.50. The van der Waals surface area contributed by atoms with Crippen molar-refractivity contribution in [3.63, 3.8) is 0 Å². The first-order valence-corrected chi connectivity index (χ1v) is 8.66. The zero-order valence-corrected chi connectivity index (χ0v) is 14.9. The Morgan fingerprint density at radius 1 is 1.35 bits per heavy atom. The van der Waals surface area contributed by atoms with E-state index in [4.69, 9.17) is 11.5 Å². The first kappa shape index (κ1) is 16.6. The fraction of sp³-hybridized carbons (Fsp3) is 0.333. The number of rotatable bonds is 4. The van der Waals surface area contributed by atoms with Crippen LogP contribution >= 0.6 is 0 Å². The van der Waals surface area contributed by atoms with Crippen LogP contribution in [-0.4, -0.2) is 41.6 Å². The SMILES string of the molecule is CCC(CN)=C1CN(c2nc(N)nc3[nH]c4c(NC)cc(F)cc4c23)C1. The molecule has 1 fully saturated rings. The third-order valence-corrected chi connectivity index (χ3v) is 5.03. The van der Waals surface area contributed by atoms with E-state index in [1.165, 1.54) is 23.3 Å². The summed E-state index contributed by atoms with van der Waals surface area (Å²) in [6.45, 7) is 4.20. The molecule has 1 aromatic carbocycles. The lowest BCUT2D eigenvalue weighted by molar-refractivity contribution is 0.630. The molecule has 1 aliphatic heterocycles. The van der Waals surface area contributed by atoms with Crippen molar-refractivity contribution in [3.05, 3.63) is 29.1 Å². The Kier molecular flexibility index (Phi) is 3.91. The fourth-order valence-electron chi connectivity index (χ4n) is 3.61. The van der Waals surface area contributed by atoms with Crippen LogP contribution in [0.15, 0.2) is 23.3 Å². The quantitative estimate of drug-likeness (QED) is 0.535. The molecule has 0 amide bonds. The van der Waals surface area contributed by atoms with Crippen LogP contribution in [0.4, 0.5) is 21.8 Å². The van der Waals surface area contributed by atoms with Crippen molar-refractivity contribution in [2.75, 3.05) is 42.6 Å². The van der Waals surface area contributed by atoms with Gasteiger partial charge in [0.15, 0.2) is 0 Å². The summed E-state index contributed by atoms with van der Waals surface area (Å²) in [4.78, 5) is 14.1. The average molecular weight is 355 g/mol. The van der Waals surface area contributed by atoms with Gasteiger partial charge in [0.25, 0.3) is 0 Å². The van der Waals surface area contributed by atoms with Gasteiger partial charge < -0.3 is 26.7 Å². The largest absolute Gasteiger partial charge is 0.386 e.